The lowest BCUT2D eigenvalue weighted by Gasteiger charge is -2.26. The van der Waals surface area contributed by atoms with E-state index < -0.39 is 0 Å². The van der Waals surface area contributed by atoms with E-state index in [9.17, 15) is 4.79 Å². The van der Waals surface area contributed by atoms with Crippen molar-refractivity contribution in [3.63, 3.8) is 0 Å². The van der Waals surface area contributed by atoms with Crippen LogP contribution in [0.4, 0.5) is 5.69 Å². The van der Waals surface area contributed by atoms with E-state index in [-0.39, 0.29) is 5.97 Å². The summed E-state index contributed by atoms with van der Waals surface area (Å²) in [5.41, 5.74) is 3.82. The van der Waals surface area contributed by atoms with Gasteiger partial charge >= 0.3 is 5.97 Å². The largest absolute Gasteiger partial charge is 0.465 e. The molecule has 2 rings (SSSR count). The van der Waals surface area contributed by atoms with Crippen molar-refractivity contribution in [1.29, 1.82) is 0 Å². The van der Waals surface area contributed by atoms with E-state index in [4.69, 9.17) is 4.74 Å². The number of hydrogen-bond donors (Lipinski definition) is 1. The van der Waals surface area contributed by atoms with Crippen LogP contribution >= 0.6 is 0 Å². The van der Waals surface area contributed by atoms with Gasteiger partial charge in [-0.2, -0.15) is 0 Å². The fourth-order valence-electron chi connectivity index (χ4n) is 2.13. The van der Waals surface area contributed by atoms with E-state index in [1.54, 1.807) is 0 Å². The van der Waals surface area contributed by atoms with Crippen LogP contribution < -0.4 is 5.32 Å². The number of carbonyl (C=O) groups excluding carboxylic acids is 1. The lowest BCUT2D eigenvalue weighted by atomic mass is 9.93. The molecule has 0 aromatic heterocycles. The van der Waals surface area contributed by atoms with E-state index >= 15 is 0 Å². The molecule has 0 spiro atoms. The van der Waals surface area contributed by atoms with Crippen LogP contribution in [-0.2, 0) is 16.0 Å². The summed E-state index contributed by atoms with van der Waals surface area (Å²) in [6.45, 7) is 5.32. The highest BCUT2D eigenvalue weighted by Crippen LogP contribution is 2.25. The van der Waals surface area contributed by atoms with E-state index in [1.807, 2.05) is 6.92 Å². The maximum Gasteiger partial charge on any atom is 0.305 e. The van der Waals surface area contributed by atoms with Crippen molar-refractivity contribution in [2.75, 3.05) is 18.5 Å². The first-order chi connectivity index (χ1) is 8.19. The SMILES string of the molecule is CCC(=O)OC[C@H]1CNc2ccc(C)cc2C1. The van der Waals surface area contributed by atoms with E-state index in [0.717, 1.165) is 13.0 Å². The van der Waals surface area contributed by atoms with Crippen molar-refractivity contribution in [2.24, 2.45) is 5.92 Å². The van der Waals surface area contributed by atoms with Gasteiger partial charge in [0, 0.05) is 24.6 Å². The third kappa shape index (κ3) is 2.99. The topological polar surface area (TPSA) is 38.3 Å². The van der Waals surface area contributed by atoms with Gasteiger partial charge in [0.25, 0.3) is 0 Å². The van der Waals surface area contributed by atoms with Crippen molar-refractivity contribution in [1.82, 2.24) is 0 Å². The third-order valence-corrected chi connectivity index (χ3v) is 3.12. The molecule has 0 unspecified atom stereocenters. The summed E-state index contributed by atoms with van der Waals surface area (Å²) in [6, 6.07) is 6.44. The van der Waals surface area contributed by atoms with Crippen LogP contribution in [0, 0.1) is 12.8 Å². The van der Waals surface area contributed by atoms with Crippen LogP contribution in [-0.4, -0.2) is 19.1 Å². The van der Waals surface area contributed by atoms with Gasteiger partial charge in [-0.15, -0.1) is 0 Å². The molecule has 1 aromatic carbocycles. The fourth-order valence-corrected chi connectivity index (χ4v) is 2.13. The molecule has 1 aliphatic rings. The highest BCUT2D eigenvalue weighted by Gasteiger charge is 2.19. The molecule has 0 bridgehead atoms. The fraction of sp³-hybridized carbons (Fsp3) is 0.500. The number of benzene rings is 1. The van der Waals surface area contributed by atoms with Crippen LogP contribution in [0.25, 0.3) is 0 Å². The van der Waals surface area contributed by atoms with Crippen LogP contribution in [0.15, 0.2) is 18.2 Å². The van der Waals surface area contributed by atoms with Gasteiger partial charge in [0.2, 0.25) is 0 Å². The van der Waals surface area contributed by atoms with E-state index in [2.05, 4.69) is 30.4 Å². The Balaban J connectivity index is 1.96. The quantitative estimate of drug-likeness (QED) is 0.815. The van der Waals surface area contributed by atoms with Gasteiger partial charge in [0.1, 0.15) is 0 Å². The Bertz CT molecular complexity index is 415. The zero-order valence-electron chi connectivity index (χ0n) is 10.5. The van der Waals surface area contributed by atoms with Crippen LogP contribution in [0.5, 0.6) is 0 Å². The summed E-state index contributed by atoms with van der Waals surface area (Å²) in [6.07, 6.45) is 1.44. The highest BCUT2D eigenvalue weighted by atomic mass is 16.5. The molecular formula is C14H19NO2. The number of fused-ring (bicyclic) bond motifs is 1. The lowest BCUT2D eigenvalue weighted by Crippen LogP contribution is -2.27. The Labute approximate surface area is 102 Å². The first-order valence-electron chi connectivity index (χ1n) is 6.18. The first kappa shape index (κ1) is 12.0. The van der Waals surface area contributed by atoms with Gasteiger partial charge in [-0.3, -0.25) is 4.79 Å². The van der Waals surface area contributed by atoms with Gasteiger partial charge in [-0.05, 0) is 25.0 Å². The van der Waals surface area contributed by atoms with Crippen molar-refractivity contribution in [3.8, 4) is 0 Å². The Hall–Kier alpha value is -1.51. The summed E-state index contributed by atoms with van der Waals surface area (Å²) in [7, 11) is 0. The zero-order valence-corrected chi connectivity index (χ0v) is 10.5. The van der Waals surface area contributed by atoms with Crippen molar-refractivity contribution < 1.29 is 9.53 Å². The monoisotopic (exact) mass is 233 g/mol. The minimum absolute atomic E-state index is 0.111. The second kappa shape index (κ2) is 5.21. The van der Waals surface area contributed by atoms with E-state index in [0.29, 0.717) is 18.9 Å². The molecule has 92 valence electrons. The molecule has 0 amide bonds. The molecule has 0 saturated carbocycles. The number of hydrogen-bond acceptors (Lipinski definition) is 3. The Morgan fingerprint density at radius 1 is 1.53 bits per heavy atom. The minimum atomic E-state index is -0.111. The predicted octanol–water partition coefficient (Wildman–Crippen LogP) is 2.53. The second-order valence-electron chi connectivity index (χ2n) is 4.65. The Morgan fingerprint density at radius 2 is 2.35 bits per heavy atom. The molecular weight excluding hydrogens is 214 g/mol. The summed E-state index contributed by atoms with van der Waals surface area (Å²) in [5, 5.41) is 3.39. The molecule has 1 heterocycles. The number of rotatable bonds is 3. The van der Waals surface area contributed by atoms with Crippen molar-refractivity contribution in [3.05, 3.63) is 29.3 Å². The molecule has 0 saturated heterocycles. The number of aryl methyl sites for hydroxylation is 1. The van der Waals surface area contributed by atoms with Gasteiger partial charge in [-0.25, -0.2) is 0 Å². The smallest absolute Gasteiger partial charge is 0.305 e. The van der Waals surface area contributed by atoms with Crippen LogP contribution in [0.1, 0.15) is 24.5 Å². The molecule has 17 heavy (non-hydrogen) atoms. The van der Waals surface area contributed by atoms with Gasteiger partial charge in [0.15, 0.2) is 0 Å². The van der Waals surface area contributed by atoms with Crippen LogP contribution in [0.2, 0.25) is 0 Å². The molecule has 1 atom stereocenters. The molecule has 1 aromatic rings. The molecule has 0 radical (unpaired) electrons. The number of ether oxygens (including phenoxy) is 1. The number of nitrogens with one attached hydrogen (secondary N) is 1. The Morgan fingerprint density at radius 3 is 3.12 bits per heavy atom. The van der Waals surface area contributed by atoms with Crippen molar-refractivity contribution in [2.45, 2.75) is 26.7 Å². The summed E-state index contributed by atoms with van der Waals surface area (Å²) < 4.78 is 5.20. The summed E-state index contributed by atoms with van der Waals surface area (Å²) >= 11 is 0. The van der Waals surface area contributed by atoms with Gasteiger partial charge < -0.3 is 10.1 Å². The molecule has 0 fully saturated rings. The number of carbonyl (C=O) groups is 1. The maximum atomic E-state index is 11.1. The summed E-state index contributed by atoms with van der Waals surface area (Å²) in [5.74, 6) is 0.278. The molecule has 3 heteroatoms. The average molecular weight is 233 g/mol. The minimum Gasteiger partial charge on any atom is -0.465 e. The third-order valence-electron chi connectivity index (χ3n) is 3.12. The second-order valence-corrected chi connectivity index (χ2v) is 4.65. The molecule has 3 nitrogen and oxygen atoms in total. The number of esters is 1. The standard InChI is InChI=1S/C14H19NO2/c1-3-14(16)17-9-11-7-12-6-10(2)4-5-13(12)15-8-11/h4-6,11,15H,3,7-9H2,1-2H3/t11-/m1/s1. The lowest BCUT2D eigenvalue weighted by molar-refractivity contribution is -0.144. The molecule has 0 aliphatic carbocycles. The maximum absolute atomic E-state index is 11.1. The summed E-state index contributed by atoms with van der Waals surface area (Å²) in [4.78, 5) is 11.1. The number of anilines is 1. The van der Waals surface area contributed by atoms with E-state index in [1.165, 1.54) is 16.8 Å². The molecule has 1 aliphatic heterocycles. The normalized spacial score (nSPS) is 18.1. The van der Waals surface area contributed by atoms with Gasteiger partial charge in [-0.1, -0.05) is 24.6 Å². The van der Waals surface area contributed by atoms with Crippen LogP contribution in [0.3, 0.4) is 0 Å². The van der Waals surface area contributed by atoms with Crippen molar-refractivity contribution >= 4 is 11.7 Å². The predicted molar refractivity (Wildman–Crippen MR) is 68.1 cm³/mol. The Kier molecular flexibility index (Phi) is 3.67. The first-order valence-corrected chi connectivity index (χ1v) is 6.18. The molecule has 1 N–H and O–H groups in total. The average Bonchev–Trinajstić information content (AvgIpc) is 2.35. The zero-order chi connectivity index (χ0) is 12.3. The van der Waals surface area contributed by atoms with Gasteiger partial charge in [0.05, 0.1) is 6.61 Å². The highest BCUT2D eigenvalue weighted by molar-refractivity contribution is 5.68.